The molecule has 0 saturated heterocycles. The Kier molecular flexibility index (Phi) is 8.05. The molecule has 9 nitrogen and oxygen atoms in total. The van der Waals surface area contributed by atoms with Crippen molar-refractivity contribution in [3.63, 3.8) is 0 Å². The van der Waals surface area contributed by atoms with E-state index in [-0.39, 0.29) is 33.4 Å². The van der Waals surface area contributed by atoms with Gasteiger partial charge in [0, 0.05) is 18.2 Å². The van der Waals surface area contributed by atoms with Crippen LogP contribution in [-0.2, 0) is 6.42 Å². The highest BCUT2D eigenvalue weighted by Crippen LogP contribution is 2.28. The molecule has 2 N–H and O–H groups in total. The van der Waals surface area contributed by atoms with Crippen LogP contribution in [0.5, 0.6) is 11.5 Å². The van der Waals surface area contributed by atoms with Gasteiger partial charge in [0.1, 0.15) is 5.02 Å². The Balaban J connectivity index is 1.68. The molecule has 34 heavy (non-hydrogen) atoms. The number of para-hydroxylation sites is 1. The van der Waals surface area contributed by atoms with E-state index in [1.165, 1.54) is 12.1 Å². The monoisotopic (exact) mass is 483 g/mol. The van der Waals surface area contributed by atoms with E-state index in [9.17, 15) is 19.7 Å². The maximum absolute atomic E-state index is 12.8. The lowest BCUT2D eigenvalue weighted by atomic mass is 10.1. The van der Waals surface area contributed by atoms with Gasteiger partial charge in [-0.2, -0.15) is 0 Å². The van der Waals surface area contributed by atoms with Crippen molar-refractivity contribution in [2.24, 2.45) is 0 Å². The van der Waals surface area contributed by atoms with Crippen molar-refractivity contribution in [1.29, 1.82) is 0 Å². The molecule has 0 heterocycles. The maximum Gasteiger partial charge on any atom is 0.288 e. The Labute approximate surface area is 200 Å². The second kappa shape index (κ2) is 11.2. The van der Waals surface area contributed by atoms with Gasteiger partial charge >= 0.3 is 0 Å². The predicted octanol–water partition coefficient (Wildman–Crippen LogP) is 4.49. The molecule has 0 fully saturated rings. The average Bonchev–Trinajstić information content (AvgIpc) is 2.84. The minimum absolute atomic E-state index is 0.0414. The van der Waals surface area contributed by atoms with E-state index in [0.29, 0.717) is 24.5 Å². The van der Waals surface area contributed by atoms with E-state index >= 15 is 0 Å². The smallest absolute Gasteiger partial charge is 0.288 e. The number of hydrogen-bond acceptors (Lipinski definition) is 6. The quantitative estimate of drug-likeness (QED) is 0.342. The van der Waals surface area contributed by atoms with Crippen LogP contribution >= 0.6 is 11.6 Å². The number of rotatable bonds is 9. The van der Waals surface area contributed by atoms with E-state index in [4.69, 9.17) is 21.1 Å². The van der Waals surface area contributed by atoms with Gasteiger partial charge in [-0.05, 0) is 48.4 Å². The third kappa shape index (κ3) is 5.81. The van der Waals surface area contributed by atoms with Gasteiger partial charge in [0.05, 0.1) is 30.4 Å². The summed E-state index contributed by atoms with van der Waals surface area (Å²) in [5, 5.41) is 16.5. The van der Waals surface area contributed by atoms with Gasteiger partial charge in [0.25, 0.3) is 17.5 Å². The first-order valence-electron chi connectivity index (χ1n) is 10.2. The molecule has 0 spiro atoms. The van der Waals surface area contributed by atoms with E-state index in [1.807, 2.05) is 12.1 Å². The fourth-order valence-electron chi connectivity index (χ4n) is 3.23. The largest absolute Gasteiger partial charge is 0.493 e. The summed E-state index contributed by atoms with van der Waals surface area (Å²) < 4.78 is 10.5. The maximum atomic E-state index is 12.8. The number of ether oxygens (including phenoxy) is 2. The molecule has 3 rings (SSSR count). The van der Waals surface area contributed by atoms with Crippen molar-refractivity contribution >= 4 is 34.8 Å². The second-order valence-electron chi connectivity index (χ2n) is 7.12. The molecule has 0 aromatic heterocycles. The van der Waals surface area contributed by atoms with Gasteiger partial charge in [-0.25, -0.2) is 0 Å². The molecule has 3 aromatic rings. The van der Waals surface area contributed by atoms with Gasteiger partial charge in [-0.3, -0.25) is 19.7 Å². The molecule has 10 heteroatoms. The number of carbonyl (C=O) groups excluding carboxylic acids is 2. The number of nitro groups is 1. The van der Waals surface area contributed by atoms with Gasteiger partial charge in [0.15, 0.2) is 11.5 Å². The molecule has 0 radical (unpaired) electrons. The van der Waals surface area contributed by atoms with Crippen LogP contribution in [0.15, 0.2) is 60.7 Å². The van der Waals surface area contributed by atoms with Gasteiger partial charge in [-0.1, -0.05) is 29.8 Å². The molecule has 0 bridgehead atoms. The standard InChI is InChI=1S/C24H22ClN3O6/c1-33-21-10-7-15(13-22(21)34-2)11-12-26-24(30)17-5-3-4-6-19(17)27-23(29)16-8-9-18(25)20(14-16)28(31)32/h3-10,13-14H,11-12H2,1-2H3,(H,26,30)(H,27,29). The second-order valence-corrected chi connectivity index (χ2v) is 7.53. The van der Waals surface area contributed by atoms with Crippen molar-refractivity contribution < 1.29 is 24.0 Å². The van der Waals surface area contributed by atoms with Crippen molar-refractivity contribution in [2.45, 2.75) is 6.42 Å². The Morgan fingerprint density at radius 3 is 2.41 bits per heavy atom. The molecule has 0 unspecified atom stereocenters. The minimum Gasteiger partial charge on any atom is -0.493 e. The molecular formula is C24H22ClN3O6. The third-order valence-corrected chi connectivity index (χ3v) is 5.29. The zero-order valence-corrected chi connectivity index (χ0v) is 19.2. The summed E-state index contributed by atoms with van der Waals surface area (Å²) in [5.41, 5.74) is 1.14. The van der Waals surface area contributed by atoms with Crippen LogP contribution in [-0.4, -0.2) is 37.5 Å². The Hall–Kier alpha value is -4.11. The van der Waals surface area contributed by atoms with Crippen LogP contribution < -0.4 is 20.1 Å². The summed E-state index contributed by atoms with van der Waals surface area (Å²) in [5.74, 6) is 0.233. The summed E-state index contributed by atoms with van der Waals surface area (Å²) in [6, 6.07) is 15.7. The molecular weight excluding hydrogens is 462 g/mol. The molecule has 0 atom stereocenters. The Morgan fingerprint density at radius 2 is 1.71 bits per heavy atom. The van der Waals surface area contributed by atoms with E-state index in [2.05, 4.69) is 10.6 Å². The van der Waals surface area contributed by atoms with Crippen LogP contribution in [0.25, 0.3) is 0 Å². The van der Waals surface area contributed by atoms with Crippen LogP contribution in [0.1, 0.15) is 26.3 Å². The fraction of sp³-hybridized carbons (Fsp3) is 0.167. The number of hydrogen-bond donors (Lipinski definition) is 2. The highest BCUT2D eigenvalue weighted by atomic mass is 35.5. The van der Waals surface area contributed by atoms with Crippen molar-refractivity contribution in [3.05, 3.63) is 92.5 Å². The number of anilines is 1. The fourth-order valence-corrected chi connectivity index (χ4v) is 3.42. The molecule has 0 aliphatic rings. The lowest BCUT2D eigenvalue weighted by Gasteiger charge is -2.12. The van der Waals surface area contributed by atoms with E-state index in [0.717, 1.165) is 11.6 Å². The summed E-state index contributed by atoms with van der Waals surface area (Å²) in [4.78, 5) is 35.9. The number of nitrogens with one attached hydrogen (secondary N) is 2. The normalized spacial score (nSPS) is 10.3. The first kappa shape index (κ1) is 24.5. The molecule has 3 aromatic carbocycles. The van der Waals surface area contributed by atoms with Gasteiger partial charge < -0.3 is 20.1 Å². The highest BCUT2D eigenvalue weighted by molar-refractivity contribution is 6.32. The summed E-state index contributed by atoms with van der Waals surface area (Å²) in [7, 11) is 3.11. The number of carbonyl (C=O) groups is 2. The van der Waals surface area contributed by atoms with Crippen LogP contribution in [0, 0.1) is 10.1 Å². The Morgan fingerprint density at radius 1 is 0.971 bits per heavy atom. The lowest BCUT2D eigenvalue weighted by Crippen LogP contribution is -2.27. The molecule has 0 saturated carbocycles. The van der Waals surface area contributed by atoms with Crippen LogP contribution in [0.4, 0.5) is 11.4 Å². The van der Waals surface area contributed by atoms with Crippen LogP contribution in [0.3, 0.4) is 0 Å². The zero-order chi connectivity index (χ0) is 24.7. The first-order chi connectivity index (χ1) is 16.3. The Bertz CT molecular complexity index is 1230. The SMILES string of the molecule is COc1ccc(CCNC(=O)c2ccccc2NC(=O)c2ccc(Cl)c([N+](=O)[O-])c2)cc1OC. The van der Waals surface area contributed by atoms with Crippen molar-refractivity contribution in [1.82, 2.24) is 5.32 Å². The molecule has 2 amide bonds. The molecule has 0 aliphatic heterocycles. The number of amides is 2. The number of benzene rings is 3. The third-order valence-electron chi connectivity index (χ3n) is 4.97. The predicted molar refractivity (Wildman–Crippen MR) is 128 cm³/mol. The van der Waals surface area contributed by atoms with Gasteiger partial charge in [-0.15, -0.1) is 0 Å². The van der Waals surface area contributed by atoms with E-state index < -0.39 is 10.8 Å². The van der Waals surface area contributed by atoms with Crippen LogP contribution in [0.2, 0.25) is 5.02 Å². The van der Waals surface area contributed by atoms with E-state index in [1.54, 1.807) is 44.6 Å². The number of nitro benzene ring substituents is 1. The molecule has 176 valence electrons. The first-order valence-corrected chi connectivity index (χ1v) is 10.5. The lowest BCUT2D eigenvalue weighted by molar-refractivity contribution is -0.384. The number of methoxy groups -OCH3 is 2. The highest BCUT2D eigenvalue weighted by Gasteiger charge is 2.18. The zero-order valence-electron chi connectivity index (χ0n) is 18.5. The number of nitrogens with zero attached hydrogens (tertiary/aromatic N) is 1. The summed E-state index contributed by atoms with van der Waals surface area (Å²) in [6.45, 7) is 0.347. The number of halogens is 1. The molecule has 0 aliphatic carbocycles. The van der Waals surface area contributed by atoms with Gasteiger partial charge in [0.2, 0.25) is 0 Å². The average molecular weight is 484 g/mol. The topological polar surface area (TPSA) is 120 Å². The summed E-state index contributed by atoms with van der Waals surface area (Å²) in [6.07, 6.45) is 0.551. The van der Waals surface area contributed by atoms with Crippen molar-refractivity contribution in [2.75, 3.05) is 26.1 Å². The van der Waals surface area contributed by atoms with Crippen molar-refractivity contribution in [3.8, 4) is 11.5 Å². The minimum atomic E-state index is -0.668. The summed E-state index contributed by atoms with van der Waals surface area (Å²) >= 11 is 5.81.